The highest BCUT2D eigenvalue weighted by Gasteiger charge is 2.78. The van der Waals surface area contributed by atoms with Crippen molar-refractivity contribution in [3.05, 3.63) is 11.1 Å². The maximum absolute atomic E-state index is 12.1. The van der Waals surface area contributed by atoms with E-state index in [2.05, 4.69) is 13.8 Å². The highest BCUT2D eigenvalue weighted by Crippen LogP contribution is 2.78. The Labute approximate surface area is 155 Å². The summed E-state index contributed by atoms with van der Waals surface area (Å²) in [6.45, 7) is 4.91. The summed E-state index contributed by atoms with van der Waals surface area (Å²) in [5.41, 5.74) is 3.23. The second-order valence-electron chi connectivity index (χ2n) is 10.6. The summed E-state index contributed by atoms with van der Waals surface area (Å²) in [5.74, 6) is 4.76. The number of carbonyl (C=O) groups is 2. The minimum Gasteiger partial charge on any atom is -0.458 e. The van der Waals surface area contributed by atoms with Gasteiger partial charge in [-0.15, -0.1) is 0 Å². The molecule has 3 saturated carbocycles. The van der Waals surface area contributed by atoms with E-state index in [0.29, 0.717) is 30.0 Å². The van der Waals surface area contributed by atoms with Gasteiger partial charge < -0.3 is 4.74 Å². The van der Waals surface area contributed by atoms with Crippen LogP contribution in [0.2, 0.25) is 0 Å². The maximum Gasteiger partial charge on any atom is 0.306 e. The van der Waals surface area contributed by atoms with Crippen LogP contribution in [0.15, 0.2) is 11.1 Å². The molecule has 6 rings (SSSR count). The third kappa shape index (κ3) is 1.72. The lowest BCUT2D eigenvalue weighted by atomic mass is 9.48. The fraction of sp³-hybridized carbons (Fsp3) is 0.826. The normalized spacial score (nSPS) is 54.5. The van der Waals surface area contributed by atoms with Crippen LogP contribution in [0.1, 0.15) is 71.6 Å². The molecule has 4 fully saturated rings. The van der Waals surface area contributed by atoms with E-state index in [1.54, 1.807) is 5.57 Å². The molecule has 0 amide bonds. The Bertz CT molecular complexity index is 751. The number of fused-ring (bicyclic) bond motifs is 8. The van der Waals surface area contributed by atoms with Crippen LogP contribution in [0.25, 0.3) is 0 Å². The molecule has 140 valence electrons. The molecule has 0 aromatic carbocycles. The maximum atomic E-state index is 12.1. The van der Waals surface area contributed by atoms with Crippen molar-refractivity contribution in [1.82, 2.24) is 0 Å². The number of ketones is 1. The van der Waals surface area contributed by atoms with Crippen molar-refractivity contribution < 1.29 is 14.3 Å². The summed E-state index contributed by atoms with van der Waals surface area (Å²) in [6.07, 6.45) is 9.00. The zero-order chi connectivity index (χ0) is 17.8. The SMILES string of the molecule is CC1CC2=C(CCC(=O)C2)C2CC[C@@]3(C)C(C4CC4[C@@]34CCC(=O)O4)C12. The molecule has 6 unspecified atom stereocenters. The molecular formula is C23H30O3. The molecule has 8 atom stereocenters. The Kier molecular flexibility index (Phi) is 2.95. The average molecular weight is 354 g/mol. The number of esters is 1. The molecule has 1 aliphatic heterocycles. The molecule has 5 aliphatic carbocycles. The molecule has 0 aromatic rings. The average Bonchev–Trinajstić information content (AvgIpc) is 3.24. The van der Waals surface area contributed by atoms with Crippen LogP contribution >= 0.6 is 0 Å². The van der Waals surface area contributed by atoms with Gasteiger partial charge in [0.25, 0.3) is 0 Å². The molecule has 1 spiro atoms. The monoisotopic (exact) mass is 354 g/mol. The minimum atomic E-state index is -0.138. The van der Waals surface area contributed by atoms with E-state index in [-0.39, 0.29) is 17.0 Å². The summed E-state index contributed by atoms with van der Waals surface area (Å²) in [4.78, 5) is 24.1. The topological polar surface area (TPSA) is 43.4 Å². The van der Waals surface area contributed by atoms with Crippen LogP contribution in [0, 0.1) is 40.9 Å². The summed E-state index contributed by atoms with van der Waals surface area (Å²) in [6, 6.07) is 0. The third-order valence-electron chi connectivity index (χ3n) is 9.66. The van der Waals surface area contributed by atoms with Gasteiger partial charge in [0, 0.05) is 30.6 Å². The number of Topliss-reactive ketones (excluding diaryl/α,β-unsaturated/α-hetero) is 1. The van der Waals surface area contributed by atoms with Crippen molar-refractivity contribution in [1.29, 1.82) is 0 Å². The summed E-state index contributed by atoms with van der Waals surface area (Å²) >= 11 is 0. The Morgan fingerprint density at radius 1 is 1.12 bits per heavy atom. The largest absolute Gasteiger partial charge is 0.458 e. The lowest BCUT2D eigenvalue weighted by molar-refractivity contribution is -0.173. The van der Waals surface area contributed by atoms with Gasteiger partial charge in [0.2, 0.25) is 0 Å². The summed E-state index contributed by atoms with van der Waals surface area (Å²) < 4.78 is 6.18. The first-order valence-corrected chi connectivity index (χ1v) is 10.9. The second-order valence-corrected chi connectivity index (χ2v) is 10.6. The first kappa shape index (κ1) is 15.9. The number of hydrogen-bond donors (Lipinski definition) is 0. The van der Waals surface area contributed by atoms with Crippen molar-refractivity contribution in [2.45, 2.75) is 77.2 Å². The van der Waals surface area contributed by atoms with E-state index in [0.717, 1.165) is 49.9 Å². The molecule has 3 heteroatoms. The number of carbonyl (C=O) groups excluding carboxylic acids is 2. The fourth-order valence-corrected chi connectivity index (χ4v) is 8.79. The van der Waals surface area contributed by atoms with Crippen molar-refractivity contribution >= 4 is 11.8 Å². The molecule has 0 bridgehead atoms. The Balaban J connectivity index is 1.41. The zero-order valence-electron chi connectivity index (χ0n) is 16.1. The van der Waals surface area contributed by atoms with Gasteiger partial charge >= 0.3 is 5.97 Å². The fourth-order valence-electron chi connectivity index (χ4n) is 8.79. The van der Waals surface area contributed by atoms with Crippen molar-refractivity contribution in [3.8, 4) is 0 Å². The lowest BCUT2D eigenvalue weighted by Gasteiger charge is -2.57. The van der Waals surface area contributed by atoms with Gasteiger partial charge in [0.1, 0.15) is 11.4 Å². The van der Waals surface area contributed by atoms with Gasteiger partial charge in [-0.2, -0.15) is 0 Å². The van der Waals surface area contributed by atoms with Crippen LogP contribution in [-0.2, 0) is 14.3 Å². The Morgan fingerprint density at radius 2 is 1.96 bits per heavy atom. The van der Waals surface area contributed by atoms with E-state index < -0.39 is 0 Å². The summed E-state index contributed by atoms with van der Waals surface area (Å²) in [7, 11) is 0. The minimum absolute atomic E-state index is 0.0483. The van der Waals surface area contributed by atoms with Crippen LogP contribution < -0.4 is 0 Å². The van der Waals surface area contributed by atoms with Gasteiger partial charge in [-0.05, 0) is 68.1 Å². The van der Waals surface area contributed by atoms with Crippen LogP contribution in [0.3, 0.4) is 0 Å². The molecular weight excluding hydrogens is 324 g/mol. The van der Waals surface area contributed by atoms with Gasteiger partial charge in [-0.3, -0.25) is 9.59 Å². The Morgan fingerprint density at radius 3 is 2.73 bits per heavy atom. The van der Waals surface area contributed by atoms with Gasteiger partial charge in [0.15, 0.2) is 0 Å². The zero-order valence-corrected chi connectivity index (χ0v) is 16.1. The second kappa shape index (κ2) is 4.83. The number of rotatable bonds is 0. The van der Waals surface area contributed by atoms with E-state index >= 15 is 0 Å². The quantitative estimate of drug-likeness (QED) is 0.477. The number of ether oxygens (including phenoxy) is 1. The highest BCUT2D eigenvalue weighted by atomic mass is 16.6. The van der Waals surface area contributed by atoms with Crippen LogP contribution in [0.5, 0.6) is 0 Å². The van der Waals surface area contributed by atoms with Gasteiger partial charge in [-0.1, -0.05) is 25.0 Å². The third-order valence-corrected chi connectivity index (χ3v) is 9.66. The van der Waals surface area contributed by atoms with Gasteiger partial charge in [-0.25, -0.2) is 0 Å². The first-order chi connectivity index (χ1) is 12.4. The standard InChI is InChI=1S/C23H30O3/c1-12-9-13-10-14(24)3-4-15(13)16-5-7-22(2)21(20(12)16)17-11-18(17)23(22)8-6-19(25)26-23/h12,16-18,20-21H,3-11H2,1-2H3/t12?,16?,17?,18?,20?,21?,22-,23-/m0/s1. The highest BCUT2D eigenvalue weighted by molar-refractivity contribution is 5.82. The van der Waals surface area contributed by atoms with E-state index in [4.69, 9.17) is 4.74 Å². The number of allylic oxidation sites excluding steroid dienone is 2. The van der Waals surface area contributed by atoms with Crippen molar-refractivity contribution in [2.75, 3.05) is 0 Å². The molecule has 0 radical (unpaired) electrons. The predicted molar refractivity (Wildman–Crippen MR) is 97.1 cm³/mol. The molecule has 0 N–H and O–H groups in total. The smallest absolute Gasteiger partial charge is 0.306 e. The molecule has 6 aliphatic rings. The predicted octanol–water partition coefficient (Wildman–Crippen LogP) is 4.45. The molecule has 3 nitrogen and oxygen atoms in total. The molecule has 26 heavy (non-hydrogen) atoms. The molecule has 0 aromatic heterocycles. The number of hydrogen-bond acceptors (Lipinski definition) is 3. The van der Waals surface area contributed by atoms with Crippen molar-refractivity contribution in [2.24, 2.45) is 40.9 Å². The van der Waals surface area contributed by atoms with Gasteiger partial charge in [0.05, 0.1) is 0 Å². The van der Waals surface area contributed by atoms with Crippen molar-refractivity contribution in [3.63, 3.8) is 0 Å². The summed E-state index contributed by atoms with van der Waals surface area (Å²) in [5, 5.41) is 0. The van der Waals surface area contributed by atoms with E-state index in [1.807, 2.05) is 0 Å². The lowest BCUT2D eigenvalue weighted by Crippen LogP contribution is -2.55. The van der Waals surface area contributed by atoms with E-state index in [9.17, 15) is 9.59 Å². The molecule has 1 saturated heterocycles. The van der Waals surface area contributed by atoms with Crippen LogP contribution in [0.4, 0.5) is 0 Å². The Hall–Kier alpha value is -1.12. The first-order valence-electron chi connectivity index (χ1n) is 10.9. The van der Waals surface area contributed by atoms with Crippen LogP contribution in [-0.4, -0.2) is 17.4 Å². The molecule has 1 heterocycles. The van der Waals surface area contributed by atoms with E-state index in [1.165, 1.54) is 24.8 Å².